The number of ether oxygens (including phenoxy) is 2. The first kappa shape index (κ1) is 17.5. The first-order valence-electron chi connectivity index (χ1n) is 7.63. The summed E-state index contributed by atoms with van der Waals surface area (Å²) in [6.07, 6.45) is 0.698. The molecule has 24 heavy (non-hydrogen) atoms. The molecule has 0 aliphatic rings. The van der Waals surface area contributed by atoms with Gasteiger partial charge in [-0.25, -0.2) is 4.79 Å². The van der Waals surface area contributed by atoms with Gasteiger partial charge in [-0.05, 0) is 41.8 Å². The number of methoxy groups -OCH3 is 2. The molecule has 0 spiro atoms. The van der Waals surface area contributed by atoms with Crippen molar-refractivity contribution in [1.82, 2.24) is 10.6 Å². The Morgan fingerprint density at radius 2 is 1.62 bits per heavy atom. The molecule has 0 aromatic heterocycles. The van der Waals surface area contributed by atoms with E-state index < -0.39 is 0 Å². The molecule has 0 aliphatic carbocycles. The minimum Gasteiger partial charge on any atom is -0.508 e. The van der Waals surface area contributed by atoms with Gasteiger partial charge in [0.25, 0.3) is 0 Å². The maximum absolute atomic E-state index is 11.8. The highest BCUT2D eigenvalue weighted by Crippen LogP contribution is 2.27. The molecule has 0 fully saturated rings. The maximum atomic E-state index is 11.8. The number of carbonyl (C=O) groups excluding carboxylic acids is 1. The van der Waals surface area contributed by atoms with Crippen molar-refractivity contribution in [3.05, 3.63) is 53.6 Å². The van der Waals surface area contributed by atoms with E-state index in [1.165, 1.54) is 0 Å². The van der Waals surface area contributed by atoms with Crippen molar-refractivity contribution < 1.29 is 19.4 Å². The van der Waals surface area contributed by atoms with Crippen LogP contribution < -0.4 is 20.1 Å². The lowest BCUT2D eigenvalue weighted by Gasteiger charge is -2.11. The van der Waals surface area contributed by atoms with Crippen LogP contribution in [0.5, 0.6) is 17.2 Å². The summed E-state index contributed by atoms with van der Waals surface area (Å²) in [5.74, 6) is 1.52. The van der Waals surface area contributed by atoms with Crippen LogP contribution in [0.4, 0.5) is 4.79 Å². The number of phenols is 1. The zero-order valence-corrected chi connectivity index (χ0v) is 13.8. The molecule has 0 radical (unpaired) electrons. The second-order valence-corrected chi connectivity index (χ2v) is 5.22. The zero-order chi connectivity index (χ0) is 17.4. The van der Waals surface area contributed by atoms with Gasteiger partial charge in [-0.2, -0.15) is 0 Å². The summed E-state index contributed by atoms with van der Waals surface area (Å²) in [7, 11) is 3.16. The van der Waals surface area contributed by atoms with E-state index in [1.807, 2.05) is 24.3 Å². The Morgan fingerprint density at radius 3 is 2.29 bits per heavy atom. The van der Waals surface area contributed by atoms with Gasteiger partial charge in [0, 0.05) is 13.1 Å². The van der Waals surface area contributed by atoms with Crippen molar-refractivity contribution in [2.24, 2.45) is 0 Å². The van der Waals surface area contributed by atoms with Crippen LogP contribution in [0.15, 0.2) is 42.5 Å². The van der Waals surface area contributed by atoms with E-state index in [4.69, 9.17) is 9.47 Å². The van der Waals surface area contributed by atoms with E-state index in [1.54, 1.807) is 32.4 Å². The number of benzene rings is 2. The van der Waals surface area contributed by atoms with E-state index in [0.29, 0.717) is 31.0 Å². The SMILES string of the molecule is COc1ccc(CNC(=O)NCCc2ccc(O)cc2)cc1OC. The summed E-state index contributed by atoms with van der Waals surface area (Å²) >= 11 is 0. The number of hydrogen-bond donors (Lipinski definition) is 3. The number of hydrogen-bond acceptors (Lipinski definition) is 4. The normalized spacial score (nSPS) is 10.1. The van der Waals surface area contributed by atoms with Crippen molar-refractivity contribution >= 4 is 6.03 Å². The highest BCUT2D eigenvalue weighted by atomic mass is 16.5. The van der Waals surface area contributed by atoms with Gasteiger partial charge < -0.3 is 25.2 Å². The fourth-order valence-corrected chi connectivity index (χ4v) is 2.22. The van der Waals surface area contributed by atoms with Gasteiger partial charge in [-0.1, -0.05) is 18.2 Å². The highest BCUT2D eigenvalue weighted by Gasteiger charge is 2.06. The zero-order valence-electron chi connectivity index (χ0n) is 13.8. The summed E-state index contributed by atoms with van der Waals surface area (Å²) in [6.45, 7) is 0.911. The highest BCUT2D eigenvalue weighted by molar-refractivity contribution is 5.73. The number of carbonyl (C=O) groups is 1. The Balaban J connectivity index is 1.75. The number of aromatic hydroxyl groups is 1. The van der Waals surface area contributed by atoms with Crippen molar-refractivity contribution in [2.45, 2.75) is 13.0 Å². The molecule has 3 N–H and O–H groups in total. The molecule has 0 saturated heterocycles. The lowest BCUT2D eigenvalue weighted by Crippen LogP contribution is -2.36. The van der Waals surface area contributed by atoms with E-state index in [-0.39, 0.29) is 11.8 Å². The Bertz CT molecular complexity index is 671. The summed E-state index contributed by atoms with van der Waals surface area (Å²) in [4.78, 5) is 11.8. The Hall–Kier alpha value is -2.89. The monoisotopic (exact) mass is 330 g/mol. The van der Waals surface area contributed by atoms with Gasteiger partial charge in [0.2, 0.25) is 0 Å². The minimum atomic E-state index is -0.233. The first-order valence-corrected chi connectivity index (χ1v) is 7.63. The van der Waals surface area contributed by atoms with Gasteiger partial charge in [0.1, 0.15) is 5.75 Å². The number of urea groups is 1. The molecule has 2 aromatic carbocycles. The second kappa shape index (κ2) is 8.67. The van der Waals surface area contributed by atoms with E-state index in [2.05, 4.69) is 10.6 Å². The topological polar surface area (TPSA) is 79.8 Å². The van der Waals surface area contributed by atoms with Gasteiger partial charge in [-0.15, -0.1) is 0 Å². The van der Waals surface area contributed by atoms with Crippen LogP contribution in [-0.4, -0.2) is 31.9 Å². The molecule has 6 nitrogen and oxygen atoms in total. The van der Waals surface area contributed by atoms with Crippen molar-refractivity contribution in [3.8, 4) is 17.2 Å². The van der Waals surface area contributed by atoms with Crippen LogP contribution >= 0.6 is 0 Å². The average Bonchev–Trinajstić information content (AvgIpc) is 2.61. The first-order chi connectivity index (χ1) is 11.6. The van der Waals surface area contributed by atoms with Crippen LogP contribution in [0.2, 0.25) is 0 Å². The summed E-state index contributed by atoms with van der Waals surface area (Å²) in [5.41, 5.74) is 1.97. The van der Waals surface area contributed by atoms with Crippen LogP contribution in [0.3, 0.4) is 0 Å². The molecular weight excluding hydrogens is 308 g/mol. The van der Waals surface area contributed by atoms with E-state index in [0.717, 1.165) is 11.1 Å². The van der Waals surface area contributed by atoms with E-state index >= 15 is 0 Å². The molecule has 128 valence electrons. The summed E-state index contributed by atoms with van der Waals surface area (Å²) in [6, 6.07) is 12.2. The summed E-state index contributed by atoms with van der Waals surface area (Å²) < 4.78 is 10.4. The molecular formula is C18H22N2O4. The fraction of sp³-hybridized carbons (Fsp3) is 0.278. The standard InChI is InChI=1S/C18H22N2O4/c1-23-16-8-5-14(11-17(16)24-2)12-20-18(22)19-10-9-13-3-6-15(21)7-4-13/h3-8,11,21H,9-10,12H2,1-2H3,(H2,19,20,22). The van der Waals surface area contributed by atoms with Crippen LogP contribution in [0.25, 0.3) is 0 Å². The maximum Gasteiger partial charge on any atom is 0.315 e. The van der Waals surface area contributed by atoms with Gasteiger partial charge in [0.15, 0.2) is 11.5 Å². The summed E-state index contributed by atoms with van der Waals surface area (Å²) in [5, 5.41) is 14.8. The quantitative estimate of drug-likeness (QED) is 0.728. The number of phenolic OH excluding ortho intramolecular Hbond substituents is 1. The molecule has 6 heteroatoms. The lowest BCUT2D eigenvalue weighted by molar-refractivity contribution is 0.240. The second-order valence-electron chi connectivity index (χ2n) is 5.22. The third-order valence-electron chi connectivity index (χ3n) is 3.54. The molecule has 0 aliphatic heterocycles. The molecule has 2 amide bonds. The third kappa shape index (κ3) is 5.08. The average molecular weight is 330 g/mol. The van der Waals surface area contributed by atoms with Gasteiger partial charge >= 0.3 is 6.03 Å². The van der Waals surface area contributed by atoms with Crippen molar-refractivity contribution in [1.29, 1.82) is 0 Å². The smallest absolute Gasteiger partial charge is 0.315 e. The Kier molecular flexibility index (Phi) is 6.31. The molecule has 0 unspecified atom stereocenters. The lowest BCUT2D eigenvalue weighted by atomic mass is 10.1. The molecule has 0 saturated carbocycles. The Labute approximate surface area is 141 Å². The predicted octanol–water partition coefficient (Wildman–Crippen LogP) is 2.45. The van der Waals surface area contributed by atoms with Crippen LogP contribution in [-0.2, 0) is 13.0 Å². The van der Waals surface area contributed by atoms with Crippen LogP contribution in [0.1, 0.15) is 11.1 Å². The Morgan fingerprint density at radius 1 is 0.958 bits per heavy atom. The third-order valence-corrected chi connectivity index (χ3v) is 3.54. The molecule has 2 aromatic rings. The molecule has 0 heterocycles. The molecule has 0 atom stereocenters. The minimum absolute atomic E-state index is 0.233. The van der Waals surface area contributed by atoms with Gasteiger partial charge in [0.05, 0.1) is 14.2 Å². The van der Waals surface area contributed by atoms with Crippen LogP contribution in [0, 0.1) is 0 Å². The van der Waals surface area contributed by atoms with Crippen molar-refractivity contribution in [3.63, 3.8) is 0 Å². The largest absolute Gasteiger partial charge is 0.508 e. The predicted molar refractivity (Wildman–Crippen MR) is 91.6 cm³/mol. The molecule has 2 rings (SSSR count). The van der Waals surface area contributed by atoms with Crippen molar-refractivity contribution in [2.75, 3.05) is 20.8 Å². The molecule has 0 bridgehead atoms. The van der Waals surface area contributed by atoms with Gasteiger partial charge in [-0.3, -0.25) is 0 Å². The number of rotatable bonds is 7. The number of nitrogens with one attached hydrogen (secondary N) is 2. The van der Waals surface area contributed by atoms with E-state index in [9.17, 15) is 9.90 Å². The fourth-order valence-electron chi connectivity index (χ4n) is 2.22. The number of amides is 2.